The van der Waals surface area contributed by atoms with Gasteiger partial charge in [0.1, 0.15) is 17.0 Å². The fourth-order valence-electron chi connectivity index (χ4n) is 3.52. The van der Waals surface area contributed by atoms with Gasteiger partial charge in [-0.2, -0.15) is 9.97 Å². The van der Waals surface area contributed by atoms with Crippen molar-refractivity contribution in [3.8, 4) is 34.5 Å². The van der Waals surface area contributed by atoms with Gasteiger partial charge >= 0.3 is 18.2 Å². The van der Waals surface area contributed by atoms with Crippen LogP contribution in [0.15, 0.2) is 42.5 Å². The molecule has 11 heteroatoms. The second kappa shape index (κ2) is 13.4. The van der Waals surface area contributed by atoms with E-state index in [-0.39, 0.29) is 18.4 Å². The Labute approximate surface area is 252 Å². The standard InChI is InChI=1S/C31H39ClN4O6/c1-19(2)18-40-22-13-11-21(12-14-22)25-33-26(35-27(34-25)39-9)23-16-20(10-15-24(23)32)17-36(28(37)41-30(3,4)5)29(38)42-31(6,7)8/h10-16,19H,17-18H2,1-9H3. The molecular formula is C31H39ClN4O6. The maximum absolute atomic E-state index is 13.0. The van der Waals surface area contributed by atoms with Crippen molar-refractivity contribution in [2.75, 3.05) is 13.7 Å². The Morgan fingerprint density at radius 3 is 1.95 bits per heavy atom. The van der Waals surface area contributed by atoms with Crippen LogP contribution in [0.25, 0.3) is 22.8 Å². The van der Waals surface area contributed by atoms with E-state index in [1.54, 1.807) is 59.7 Å². The SMILES string of the molecule is COc1nc(-c2ccc(OCC(C)C)cc2)nc(-c2cc(CN(C(=O)OC(C)(C)C)C(=O)OC(C)(C)C)ccc2Cl)n1. The summed E-state index contributed by atoms with van der Waals surface area (Å²) in [5.41, 5.74) is 0.111. The molecule has 0 bridgehead atoms. The molecule has 0 radical (unpaired) electrons. The number of carbonyl (C=O) groups excluding carboxylic acids is 2. The van der Waals surface area contributed by atoms with Crippen molar-refractivity contribution < 1.29 is 28.5 Å². The molecule has 0 saturated heterocycles. The van der Waals surface area contributed by atoms with Crippen LogP contribution in [0.3, 0.4) is 0 Å². The van der Waals surface area contributed by atoms with E-state index >= 15 is 0 Å². The molecule has 3 aromatic rings. The van der Waals surface area contributed by atoms with Crippen LogP contribution in [-0.4, -0.2) is 57.0 Å². The van der Waals surface area contributed by atoms with Crippen molar-refractivity contribution in [2.45, 2.75) is 73.1 Å². The molecule has 2 aromatic carbocycles. The topological polar surface area (TPSA) is 113 Å². The summed E-state index contributed by atoms with van der Waals surface area (Å²) in [6, 6.07) is 12.5. The molecule has 3 rings (SSSR count). The highest BCUT2D eigenvalue weighted by Gasteiger charge is 2.31. The number of hydrogen-bond acceptors (Lipinski definition) is 9. The van der Waals surface area contributed by atoms with Crippen LogP contribution in [0, 0.1) is 5.92 Å². The van der Waals surface area contributed by atoms with E-state index in [2.05, 4.69) is 28.8 Å². The summed E-state index contributed by atoms with van der Waals surface area (Å²) in [6.07, 6.45) is -1.67. The van der Waals surface area contributed by atoms with E-state index in [9.17, 15) is 9.59 Å². The first-order chi connectivity index (χ1) is 19.5. The second-order valence-electron chi connectivity index (χ2n) is 12.1. The van der Waals surface area contributed by atoms with E-state index in [1.165, 1.54) is 7.11 Å². The molecule has 0 unspecified atom stereocenters. The molecule has 0 aliphatic rings. The zero-order valence-electron chi connectivity index (χ0n) is 25.6. The number of methoxy groups -OCH3 is 1. The van der Waals surface area contributed by atoms with Gasteiger partial charge in [-0.25, -0.2) is 19.5 Å². The van der Waals surface area contributed by atoms with Crippen LogP contribution in [0.2, 0.25) is 5.02 Å². The fourth-order valence-corrected chi connectivity index (χ4v) is 3.72. The Morgan fingerprint density at radius 1 is 0.857 bits per heavy atom. The number of ether oxygens (including phenoxy) is 4. The van der Waals surface area contributed by atoms with Gasteiger partial charge in [-0.15, -0.1) is 0 Å². The highest BCUT2D eigenvalue weighted by molar-refractivity contribution is 6.33. The maximum Gasteiger partial charge on any atom is 0.420 e. The predicted molar refractivity (Wildman–Crippen MR) is 161 cm³/mol. The van der Waals surface area contributed by atoms with E-state index in [4.69, 9.17) is 30.5 Å². The molecule has 0 saturated carbocycles. The molecule has 0 spiro atoms. The third-order valence-electron chi connectivity index (χ3n) is 5.33. The molecular weight excluding hydrogens is 560 g/mol. The van der Waals surface area contributed by atoms with Gasteiger partial charge in [0.05, 0.1) is 25.3 Å². The number of benzene rings is 2. The van der Waals surface area contributed by atoms with Crippen LogP contribution in [-0.2, 0) is 16.0 Å². The monoisotopic (exact) mass is 598 g/mol. The van der Waals surface area contributed by atoms with Crippen LogP contribution < -0.4 is 9.47 Å². The van der Waals surface area contributed by atoms with Crippen molar-refractivity contribution in [2.24, 2.45) is 5.92 Å². The molecule has 1 aromatic heterocycles. The zero-order valence-corrected chi connectivity index (χ0v) is 26.4. The number of amides is 2. The smallest absolute Gasteiger partial charge is 0.420 e. The van der Waals surface area contributed by atoms with Crippen molar-refractivity contribution in [3.63, 3.8) is 0 Å². The molecule has 1 heterocycles. The molecule has 0 aliphatic heterocycles. The summed E-state index contributed by atoms with van der Waals surface area (Å²) in [7, 11) is 1.46. The van der Waals surface area contributed by atoms with Gasteiger partial charge in [-0.1, -0.05) is 31.5 Å². The lowest BCUT2D eigenvalue weighted by Gasteiger charge is -2.28. The van der Waals surface area contributed by atoms with Gasteiger partial charge in [0.25, 0.3) is 0 Å². The summed E-state index contributed by atoms with van der Waals surface area (Å²) < 4.78 is 22.1. The van der Waals surface area contributed by atoms with Crippen LogP contribution >= 0.6 is 11.6 Å². The first-order valence-electron chi connectivity index (χ1n) is 13.6. The molecule has 2 amide bonds. The Balaban J connectivity index is 1.97. The van der Waals surface area contributed by atoms with Crippen LogP contribution in [0.1, 0.15) is 61.0 Å². The highest BCUT2D eigenvalue weighted by atomic mass is 35.5. The number of halogens is 1. The molecule has 0 N–H and O–H groups in total. The van der Waals surface area contributed by atoms with Crippen molar-refractivity contribution in [1.29, 1.82) is 0 Å². The summed E-state index contributed by atoms with van der Waals surface area (Å²) >= 11 is 6.59. The van der Waals surface area contributed by atoms with Gasteiger partial charge in [0.2, 0.25) is 0 Å². The minimum Gasteiger partial charge on any atom is -0.493 e. The minimum absolute atomic E-state index is 0.0979. The summed E-state index contributed by atoms with van der Waals surface area (Å²) in [5, 5.41) is 0.358. The molecule has 0 fully saturated rings. The van der Waals surface area contributed by atoms with Gasteiger partial charge in [-0.05, 0) is 89.4 Å². The molecule has 10 nitrogen and oxygen atoms in total. The number of imide groups is 1. The first kappa shape index (κ1) is 32.6. The Hall–Kier alpha value is -3.92. The first-order valence-corrected chi connectivity index (χ1v) is 14.0. The van der Waals surface area contributed by atoms with E-state index in [1.807, 2.05) is 24.3 Å². The van der Waals surface area contributed by atoms with Crippen molar-refractivity contribution in [1.82, 2.24) is 19.9 Å². The van der Waals surface area contributed by atoms with Gasteiger partial charge in [0.15, 0.2) is 11.6 Å². The van der Waals surface area contributed by atoms with Gasteiger partial charge < -0.3 is 18.9 Å². The Morgan fingerprint density at radius 2 is 1.43 bits per heavy atom. The zero-order chi connectivity index (χ0) is 31.2. The molecule has 0 aliphatic carbocycles. The highest BCUT2D eigenvalue weighted by Crippen LogP contribution is 2.30. The molecule has 42 heavy (non-hydrogen) atoms. The van der Waals surface area contributed by atoms with Crippen LogP contribution in [0.4, 0.5) is 9.59 Å². The van der Waals surface area contributed by atoms with E-state index in [0.717, 1.165) is 16.2 Å². The average Bonchev–Trinajstić information content (AvgIpc) is 2.89. The lowest BCUT2D eigenvalue weighted by Crippen LogP contribution is -2.43. The molecule has 0 atom stereocenters. The summed E-state index contributed by atoms with van der Waals surface area (Å²) in [5.74, 6) is 1.77. The van der Waals surface area contributed by atoms with Crippen molar-refractivity contribution >= 4 is 23.8 Å². The van der Waals surface area contributed by atoms with Crippen molar-refractivity contribution in [3.05, 3.63) is 53.1 Å². The Kier molecular flexibility index (Phi) is 10.4. The number of hydrogen-bond donors (Lipinski definition) is 0. The fraction of sp³-hybridized carbons (Fsp3) is 0.452. The summed E-state index contributed by atoms with van der Waals surface area (Å²) in [4.78, 5) is 40.4. The third kappa shape index (κ3) is 9.58. The Bertz CT molecular complexity index is 1370. The second-order valence-corrected chi connectivity index (χ2v) is 12.5. The molecule has 226 valence electrons. The third-order valence-corrected chi connectivity index (χ3v) is 5.66. The lowest BCUT2D eigenvalue weighted by atomic mass is 10.1. The maximum atomic E-state index is 13.0. The average molecular weight is 599 g/mol. The van der Waals surface area contributed by atoms with Crippen LogP contribution in [0.5, 0.6) is 11.8 Å². The van der Waals surface area contributed by atoms with E-state index < -0.39 is 23.4 Å². The van der Waals surface area contributed by atoms with E-state index in [0.29, 0.717) is 34.5 Å². The number of carbonyl (C=O) groups is 2. The normalized spacial score (nSPS) is 11.7. The largest absolute Gasteiger partial charge is 0.493 e. The summed E-state index contributed by atoms with van der Waals surface area (Å²) in [6.45, 7) is 14.9. The number of aromatic nitrogens is 3. The minimum atomic E-state index is -0.835. The number of rotatable bonds is 8. The lowest BCUT2D eigenvalue weighted by molar-refractivity contribution is -0.000252. The van der Waals surface area contributed by atoms with Gasteiger partial charge in [0, 0.05) is 11.1 Å². The quantitative estimate of drug-likeness (QED) is 0.259. The number of nitrogens with zero attached hydrogens (tertiary/aromatic N) is 4. The van der Waals surface area contributed by atoms with Gasteiger partial charge in [-0.3, -0.25) is 0 Å². The predicted octanol–water partition coefficient (Wildman–Crippen LogP) is 7.57.